The van der Waals surface area contributed by atoms with Crippen LogP contribution in [0.1, 0.15) is 12.8 Å². The van der Waals surface area contributed by atoms with Gasteiger partial charge in [-0.1, -0.05) is 0 Å². The maximum atomic E-state index is 11.3. The van der Waals surface area contributed by atoms with Crippen LogP contribution in [0.25, 0.3) is 0 Å². The third-order valence-corrected chi connectivity index (χ3v) is 5.48. The summed E-state index contributed by atoms with van der Waals surface area (Å²) in [7, 11) is 0. The molecule has 0 aliphatic carbocycles. The average molecular weight is 460 g/mol. The van der Waals surface area contributed by atoms with Crippen molar-refractivity contribution in [2.45, 2.75) is 37.0 Å². The molecule has 2 fully saturated rings. The molecular formula is C18H29N13O2. The Morgan fingerprint density at radius 2 is 1.39 bits per heavy atom. The Hall–Kier alpha value is -3.40. The van der Waals surface area contributed by atoms with E-state index in [9.17, 15) is 10.1 Å². The van der Waals surface area contributed by atoms with Gasteiger partial charge in [-0.3, -0.25) is 21.0 Å². The highest BCUT2D eigenvalue weighted by molar-refractivity contribution is 5.58. The third kappa shape index (κ3) is 5.51. The number of nitro groups is 1. The first kappa shape index (κ1) is 22.8. The van der Waals surface area contributed by atoms with E-state index in [0.717, 1.165) is 0 Å². The molecule has 0 radical (unpaired) electrons. The van der Waals surface area contributed by atoms with Gasteiger partial charge in [-0.05, 0) is 18.9 Å². The number of nitrogens with one attached hydrogen (secondary N) is 2. The highest BCUT2D eigenvalue weighted by Gasteiger charge is 2.29. The lowest BCUT2D eigenvalue weighted by molar-refractivity contribution is -0.384. The van der Waals surface area contributed by atoms with Crippen molar-refractivity contribution in [2.75, 3.05) is 46.8 Å². The van der Waals surface area contributed by atoms with Gasteiger partial charge in [-0.25, -0.2) is 4.98 Å². The molecule has 4 atom stereocenters. The number of nitrogens with two attached hydrogens (primary N) is 4. The summed E-state index contributed by atoms with van der Waals surface area (Å²) in [5.74, 6) is 0.946. The molecule has 4 unspecified atom stereocenters. The zero-order valence-corrected chi connectivity index (χ0v) is 18.0. The molecule has 15 nitrogen and oxygen atoms in total. The lowest BCUT2D eigenvalue weighted by Gasteiger charge is -2.36. The number of nitrogens with zero attached hydrogens (tertiary/aromatic N) is 7. The molecule has 4 rings (SSSR count). The van der Waals surface area contributed by atoms with Crippen LogP contribution in [-0.2, 0) is 0 Å². The van der Waals surface area contributed by atoms with Gasteiger partial charge in [0.25, 0.3) is 0 Å². The Kier molecular flexibility index (Phi) is 6.64. The molecule has 0 amide bonds. The minimum absolute atomic E-state index is 0.0232. The van der Waals surface area contributed by atoms with Crippen LogP contribution in [0.15, 0.2) is 18.3 Å². The van der Waals surface area contributed by atoms with Gasteiger partial charge in [-0.15, -0.1) is 0 Å². The van der Waals surface area contributed by atoms with Crippen LogP contribution < -0.4 is 43.6 Å². The SMILES string of the molecule is NC1CC(N)CN(c2nc(NNc3ncccc3[N+](=O)[O-])nc(N3CC(N)CC(N)C3)n2)C1. The van der Waals surface area contributed by atoms with Crippen molar-refractivity contribution in [1.82, 2.24) is 19.9 Å². The Bertz CT molecular complexity index is 927. The quantitative estimate of drug-likeness (QED) is 0.210. The van der Waals surface area contributed by atoms with Crippen molar-refractivity contribution >= 4 is 29.4 Å². The Balaban J connectivity index is 1.63. The van der Waals surface area contributed by atoms with E-state index >= 15 is 0 Å². The Morgan fingerprint density at radius 3 is 1.88 bits per heavy atom. The maximum Gasteiger partial charge on any atom is 0.313 e. The van der Waals surface area contributed by atoms with E-state index in [1.54, 1.807) is 0 Å². The van der Waals surface area contributed by atoms with Crippen LogP contribution in [0.2, 0.25) is 0 Å². The predicted molar refractivity (Wildman–Crippen MR) is 124 cm³/mol. The van der Waals surface area contributed by atoms with Crippen LogP contribution in [0, 0.1) is 10.1 Å². The van der Waals surface area contributed by atoms with Gasteiger partial charge in [-0.2, -0.15) is 15.0 Å². The Labute approximate surface area is 190 Å². The van der Waals surface area contributed by atoms with Crippen molar-refractivity contribution < 1.29 is 4.92 Å². The number of hydrogen-bond acceptors (Lipinski definition) is 14. The molecule has 10 N–H and O–H groups in total. The van der Waals surface area contributed by atoms with E-state index < -0.39 is 4.92 Å². The molecule has 4 heterocycles. The summed E-state index contributed by atoms with van der Waals surface area (Å²) in [6, 6.07) is 2.36. The molecule has 2 aromatic rings. The minimum atomic E-state index is -0.533. The van der Waals surface area contributed by atoms with E-state index in [-0.39, 0.29) is 41.6 Å². The number of aromatic nitrogens is 4. The predicted octanol–water partition coefficient (Wildman–Crippen LogP) is -1.66. The standard InChI is InChI=1S/C18H29N13O2/c19-10-4-11(20)7-29(6-10)17-24-16(28-27-15-14(31(32)33)2-1-3-23-15)25-18(26-17)30-8-12(21)5-13(22)9-30/h1-3,10-13H,4-9,19-22H2,(H,23,27)(H,24,25,26,28). The Morgan fingerprint density at radius 1 is 0.879 bits per heavy atom. The smallest absolute Gasteiger partial charge is 0.313 e. The zero-order chi connectivity index (χ0) is 23.5. The van der Waals surface area contributed by atoms with Crippen LogP contribution in [0.3, 0.4) is 0 Å². The van der Waals surface area contributed by atoms with E-state index in [1.807, 2.05) is 9.80 Å². The summed E-state index contributed by atoms with van der Waals surface area (Å²) in [4.78, 5) is 32.2. The van der Waals surface area contributed by atoms with Crippen LogP contribution in [0.4, 0.5) is 29.4 Å². The zero-order valence-electron chi connectivity index (χ0n) is 18.0. The lowest BCUT2D eigenvalue weighted by atomic mass is 10.0. The molecule has 2 aromatic heterocycles. The van der Waals surface area contributed by atoms with Crippen LogP contribution >= 0.6 is 0 Å². The second-order valence-corrected chi connectivity index (χ2v) is 8.46. The molecule has 0 saturated carbocycles. The highest BCUT2D eigenvalue weighted by Crippen LogP contribution is 2.23. The largest absolute Gasteiger partial charge is 0.338 e. The van der Waals surface area contributed by atoms with Crippen molar-refractivity contribution in [2.24, 2.45) is 22.9 Å². The first-order chi connectivity index (χ1) is 15.8. The van der Waals surface area contributed by atoms with Gasteiger partial charge in [0.2, 0.25) is 23.7 Å². The average Bonchev–Trinajstić information content (AvgIpc) is 2.76. The number of piperidine rings is 2. The minimum Gasteiger partial charge on any atom is -0.338 e. The molecule has 178 valence electrons. The second-order valence-electron chi connectivity index (χ2n) is 8.46. The molecular weight excluding hydrogens is 430 g/mol. The van der Waals surface area contributed by atoms with Gasteiger partial charge in [0.1, 0.15) is 0 Å². The van der Waals surface area contributed by atoms with E-state index in [1.165, 1.54) is 18.3 Å². The number of anilines is 4. The fourth-order valence-corrected chi connectivity index (χ4v) is 4.13. The first-order valence-corrected chi connectivity index (χ1v) is 10.7. The molecule has 0 bridgehead atoms. The fraction of sp³-hybridized carbons (Fsp3) is 0.556. The molecule has 2 aliphatic heterocycles. The highest BCUT2D eigenvalue weighted by atomic mass is 16.6. The summed E-state index contributed by atoms with van der Waals surface area (Å²) in [5, 5.41) is 11.3. The van der Waals surface area contributed by atoms with Crippen molar-refractivity contribution in [3.8, 4) is 0 Å². The second kappa shape index (κ2) is 9.62. The number of pyridine rings is 1. The van der Waals surface area contributed by atoms with Gasteiger partial charge in [0.15, 0.2) is 0 Å². The van der Waals surface area contributed by atoms with Gasteiger partial charge >= 0.3 is 5.69 Å². The van der Waals surface area contributed by atoms with E-state index in [4.69, 9.17) is 22.9 Å². The van der Waals surface area contributed by atoms with Gasteiger partial charge < -0.3 is 32.7 Å². The van der Waals surface area contributed by atoms with Crippen molar-refractivity contribution in [3.63, 3.8) is 0 Å². The first-order valence-electron chi connectivity index (χ1n) is 10.7. The van der Waals surface area contributed by atoms with Crippen LogP contribution in [0.5, 0.6) is 0 Å². The van der Waals surface area contributed by atoms with Crippen molar-refractivity contribution in [1.29, 1.82) is 0 Å². The van der Waals surface area contributed by atoms with E-state index in [0.29, 0.717) is 50.9 Å². The van der Waals surface area contributed by atoms with Gasteiger partial charge in [0.05, 0.1) is 4.92 Å². The topological polar surface area (TPSA) is 229 Å². The molecule has 33 heavy (non-hydrogen) atoms. The molecule has 2 aliphatic rings. The molecule has 15 heteroatoms. The summed E-state index contributed by atoms with van der Waals surface area (Å²) in [6.07, 6.45) is 2.86. The third-order valence-electron chi connectivity index (χ3n) is 5.48. The number of hydrazine groups is 1. The fourth-order valence-electron chi connectivity index (χ4n) is 4.13. The van der Waals surface area contributed by atoms with Gasteiger partial charge in [0, 0.05) is 62.6 Å². The van der Waals surface area contributed by atoms with E-state index in [2.05, 4.69) is 30.8 Å². The lowest BCUT2D eigenvalue weighted by Crippen LogP contribution is -2.54. The monoisotopic (exact) mass is 459 g/mol. The van der Waals surface area contributed by atoms with Crippen molar-refractivity contribution in [3.05, 3.63) is 28.4 Å². The van der Waals surface area contributed by atoms with Crippen LogP contribution in [-0.4, -0.2) is 75.2 Å². The normalized spacial score (nSPS) is 25.6. The summed E-state index contributed by atoms with van der Waals surface area (Å²) in [5.41, 5.74) is 29.9. The summed E-state index contributed by atoms with van der Waals surface area (Å²) < 4.78 is 0. The number of hydrogen-bond donors (Lipinski definition) is 6. The molecule has 0 spiro atoms. The summed E-state index contributed by atoms with van der Waals surface area (Å²) >= 11 is 0. The maximum absolute atomic E-state index is 11.3. The molecule has 2 saturated heterocycles. The summed E-state index contributed by atoms with van der Waals surface area (Å²) in [6.45, 7) is 2.15. The molecule has 0 aromatic carbocycles. The number of rotatable bonds is 6.